The molecule has 1 unspecified atom stereocenters. The van der Waals surface area contributed by atoms with E-state index in [1.54, 1.807) is 24.4 Å². The Kier molecular flexibility index (Phi) is 5.68. The molecule has 4 nitrogen and oxygen atoms in total. The Morgan fingerprint density at radius 3 is 3.05 bits per heavy atom. The van der Waals surface area contributed by atoms with Gasteiger partial charge in [0.2, 0.25) is 5.88 Å². The average molecular weight is 317 g/mol. The summed E-state index contributed by atoms with van der Waals surface area (Å²) in [6.07, 6.45) is 5.17. The van der Waals surface area contributed by atoms with Gasteiger partial charge in [0.1, 0.15) is 5.82 Å². The van der Waals surface area contributed by atoms with E-state index in [-0.39, 0.29) is 17.7 Å². The molecule has 0 aliphatic carbocycles. The van der Waals surface area contributed by atoms with Gasteiger partial charge in [0.15, 0.2) is 0 Å². The minimum Gasteiger partial charge on any atom is -0.493 e. The zero-order chi connectivity index (χ0) is 15.9. The molecule has 2 N–H and O–H groups in total. The van der Waals surface area contributed by atoms with Crippen LogP contribution in [0.25, 0.3) is 0 Å². The molecule has 0 saturated carbocycles. The van der Waals surface area contributed by atoms with Crippen molar-refractivity contribution in [3.8, 4) is 0 Å². The van der Waals surface area contributed by atoms with Crippen molar-refractivity contribution >= 4 is 24.9 Å². The lowest BCUT2D eigenvalue weighted by Crippen LogP contribution is -2.31. The molecule has 0 bridgehead atoms. The summed E-state index contributed by atoms with van der Waals surface area (Å²) < 4.78 is 17.3. The van der Waals surface area contributed by atoms with E-state index in [1.165, 1.54) is 12.1 Å². The van der Waals surface area contributed by atoms with Crippen LogP contribution >= 0.6 is 11.9 Å². The molecule has 1 aromatic carbocycles. The second-order valence-electron chi connectivity index (χ2n) is 4.57. The first-order valence-corrected chi connectivity index (χ1v) is 7.32. The normalized spacial score (nSPS) is 23.3. The largest absolute Gasteiger partial charge is 0.493 e. The SMILES string of the molecule is C=N/C(O)=C1/S/N=C\C=C/C(=C)C1NCc1cccc(F)c1. The third kappa shape index (κ3) is 4.16. The number of allylic oxidation sites excluding steroid dienone is 1. The van der Waals surface area contributed by atoms with E-state index in [4.69, 9.17) is 0 Å². The van der Waals surface area contributed by atoms with Gasteiger partial charge in [-0.15, -0.1) is 0 Å². The first-order chi connectivity index (χ1) is 10.6. The predicted octanol–water partition coefficient (Wildman–Crippen LogP) is 3.56. The molecule has 0 amide bonds. The fraction of sp³-hybridized carbons (Fsp3) is 0.125. The first kappa shape index (κ1) is 16.2. The van der Waals surface area contributed by atoms with Gasteiger partial charge in [-0.3, -0.25) is 0 Å². The topological polar surface area (TPSA) is 57.0 Å². The van der Waals surface area contributed by atoms with Crippen molar-refractivity contribution in [2.24, 2.45) is 9.39 Å². The fourth-order valence-electron chi connectivity index (χ4n) is 1.94. The Labute approximate surface area is 133 Å². The van der Waals surface area contributed by atoms with Crippen LogP contribution in [-0.2, 0) is 6.54 Å². The smallest absolute Gasteiger partial charge is 0.223 e. The Morgan fingerprint density at radius 2 is 2.32 bits per heavy atom. The van der Waals surface area contributed by atoms with E-state index >= 15 is 0 Å². The van der Waals surface area contributed by atoms with Crippen LogP contribution in [0.15, 0.2) is 68.7 Å². The van der Waals surface area contributed by atoms with Crippen molar-refractivity contribution < 1.29 is 9.50 Å². The molecule has 1 atom stereocenters. The van der Waals surface area contributed by atoms with Crippen LogP contribution in [0.1, 0.15) is 5.56 Å². The summed E-state index contributed by atoms with van der Waals surface area (Å²) in [6.45, 7) is 7.73. The molecule has 1 aromatic rings. The third-order valence-electron chi connectivity index (χ3n) is 3.01. The van der Waals surface area contributed by atoms with Crippen molar-refractivity contribution in [1.29, 1.82) is 0 Å². The lowest BCUT2D eigenvalue weighted by Gasteiger charge is -2.22. The Morgan fingerprint density at radius 1 is 1.50 bits per heavy atom. The minimum atomic E-state index is -0.382. The van der Waals surface area contributed by atoms with Crippen LogP contribution in [0.4, 0.5) is 4.39 Å². The molecule has 2 rings (SSSR count). The van der Waals surface area contributed by atoms with Gasteiger partial charge in [-0.25, -0.2) is 13.8 Å². The van der Waals surface area contributed by atoms with Gasteiger partial charge in [-0.05, 0) is 36.1 Å². The van der Waals surface area contributed by atoms with Gasteiger partial charge in [-0.1, -0.05) is 24.8 Å². The molecule has 1 aliphatic heterocycles. The molecule has 22 heavy (non-hydrogen) atoms. The van der Waals surface area contributed by atoms with Gasteiger partial charge in [0, 0.05) is 24.7 Å². The molecule has 1 heterocycles. The van der Waals surface area contributed by atoms with Gasteiger partial charge in [-0.2, -0.15) is 0 Å². The van der Waals surface area contributed by atoms with Crippen LogP contribution < -0.4 is 5.32 Å². The van der Waals surface area contributed by atoms with Crippen molar-refractivity contribution in [2.45, 2.75) is 12.6 Å². The lowest BCUT2D eigenvalue weighted by molar-refractivity contribution is 0.399. The molecule has 114 valence electrons. The van der Waals surface area contributed by atoms with Gasteiger partial charge in [0.05, 0.1) is 10.9 Å². The number of nitrogens with zero attached hydrogens (tertiary/aromatic N) is 2. The van der Waals surface area contributed by atoms with E-state index in [0.29, 0.717) is 11.4 Å². The summed E-state index contributed by atoms with van der Waals surface area (Å²) in [5.74, 6) is -0.489. The number of halogens is 1. The zero-order valence-corrected chi connectivity index (χ0v) is 12.7. The lowest BCUT2D eigenvalue weighted by atomic mass is 10.1. The monoisotopic (exact) mass is 317 g/mol. The minimum absolute atomic E-state index is 0.199. The number of rotatable bonds is 4. The summed E-state index contributed by atoms with van der Waals surface area (Å²) in [5, 5.41) is 13.1. The highest BCUT2D eigenvalue weighted by atomic mass is 32.2. The molecular formula is C16H16FN3OS. The second-order valence-corrected chi connectivity index (χ2v) is 5.40. The van der Waals surface area contributed by atoms with Gasteiger partial charge >= 0.3 is 0 Å². The molecular weight excluding hydrogens is 301 g/mol. The average Bonchev–Trinajstić information content (AvgIpc) is 2.50. The number of nitrogens with one attached hydrogen (secondary N) is 1. The van der Waals surface area contributed by atoms with E-state index in [9.17, 15) is 9.50 Å². The maximum absolute atomic E-state index is 13.2. The highest BCUT2D eigenvalue weighted by Crippen LogP contribution is 2.29. The van der Waals surface area contributed by atoms with Crippen LogP contribution in [0.5, 0.6) is 0 Å². The number of hydrogen-bond acceptors (Lipinski definition) is 5. The highest BCUT2D eigenvalue weighted by Gasteiger charge is 2.21. The second kappa shape index (κ2) is 7.72. The Hall–Kier alpha value is -2.18. The first-order valence-electron chi connectivity index (χ1n) is 6.55. The summed E-state index contributed by atoms with van der Waals surface area (Å²) in [5.41, 5.74) is 1.53. The quantitative estimate of drug-likeness (QED) is 0.507. The number of benzene rings is 1. The van der Waals surface area contributed by atoms with E-state index in [1.807, 2.05) is 6.07 Å². The predicted molar refractivity (Wildman–Crippen MR) is 90.6 cm³/mol. The molecule has 1 aliphatic rings. The van der Waals surface area contributed by atoms with E-state index < -0.39 is 0 Å². The van der Waals surface area contributed by atoms with Crippen LogP contribution in [0, 0.1) is 5.82 Å². The van der Waals surface area contributed by atoms with Gasteiger partial charge in [0.25, 0.3) is 0 Å². The summed E-state index contributed by atoms with van der Waals surface area (Å²) in [4.78, 5) is 4.06. The molecule has 0 spiro atoms. The van der Waals surface area contributed by atoms with Crippen molar-refractivity contribution in [2.75, 3.05) is 0 Å². The molecule has 6 heteroatoms. The third-order valence-corrected chi connectivity index (χ3v) is 3.85. The van der Waals surface area contributed by atoms with Crippen molar-refractivity contribution in [3.05, 3.63) is 70.7 Å². The van der Waals surface area contributed by atoms with Crippen molar-refractivity contribution in [3.63, 3.8) is 0 Å². The summed E-state index contributed by atoms with van der Waals surface area (Å²) in [7, 11) is 0. The zero-order valence-electron chi connectivity index (χ0n) is 11.9. The van der Waals surface area contributed by atoms with Crippen LogP contribution in [0.2, 0.25) is 0 Å². The highest BCUT2D eigenvalue weighted by molar-refractivity contribution is 8.02. The van der Waals surface area contributed by atoms with Crippen LogP contribution in [-0.4, -0.2) is 24.1 Å². The van der Waals surface area contributed by atoms with E-state index in [0.717, 1.165) is 23.1 Å². The number of aliphatic hydroxyl groups is 1. The Balaban J connectivity index is 2.23. The summed E-state index contributed by atoms with van der Waals surface area (Å²) in [6, 6.07) is 5.93. The van der Waals surface area contributed by atoms with Crippen LogP contribution in [0.3, 0.4) is 0 Å². The van der Waals surface area contributed by atoms with Gasteiger partial charge < -0.3 is 10.4 Å². The molecule has 0 radical (unpaired) electrons. The summed E-state index contributed by atoms with van der Waals surface area (Å²) >= 11 is 1.10. The number of aliphatic hydroxyl groups excluding tert-OH is 1. The molecule has 0 saturated heterocycles. The molecule has 0 aromatic heterocycles. The molecule has 0 fully saturated rings. The maximum Gasteiger partial charge on any atom is 0.223 e. The Bertz CT molecular complexity index is 667. The fourth-order valence-corrected chi connectivity index (χ4v) is 2.68. The van der Waals surface area contributed by atoms with Crippen molar-refractivity contribution in [1.82, 2.24) is 5.32 Å². The standard InChI is InChI=1S/C16H16FN3OS/c1-11-5-4-8-20-22-15(16(21)18-2)14(11)19-10-12-6-3-7-13(17)9-12/h3-9,14,19,21H,1-2,10H2/b5-4-,16-15-,20-8-. The maximum atomic E-state index is 13.2. The van der Waals surface area contributed by atoms with E-state index in [2.05, 4.69) is 28.0 Å². The number of hydrogen-bond donors (Lipinski definition) is 2. The number of aliphatic imine (C=N–C) groups is 1.